The van der Waals surface area contributed by atoms with Gasteiger partial charge in [0.2, 0.25) is 0 Å². The lowest BCUT2D eigenvalue weighted by Crippen LogP contribution is -2.28. The van der Waals surface area contributed by atoms with Crippen molar-refractivity contribution in [3.63, 3.8) is 0 Å². The van der Waals surface area contributed by atoms with Crippen LogP contribution in [0.5, 0.6) is 0 Å². The first-order chi connectivity index (χ1) is 7.67. The molecule has 0 aliphatic heterocycles. The van der Waals surface area contributed by atoms with Crippen molar-refractivity contribution >= 4 is 17.5 Å². The van der Waals surface area contributed by atoms with Crippen LogP contribution < -0.4 is 16.6 Å². The van der Waals surface area contributed by atoms with E-state index in [4.69, 9.17) is 10.6 Å². The van der Waals surface area contributed by atoms with E-state index in [1.807, 2.05) is 0 Å². The quantitative estimate of drug-likeness (QED) is 0.388. The third-order valence-corrected chi connectivity index (χ3v) is 1.93. The summed E-state index contributed by atoms with van der Waals surface area (Å²) in [6.07, 6.45) is 1.59. The minimum atomic E-state index is -0.409. The highest BCUT2D eigenvalue weighted by molar-refractivity contribution is 5.78. The fourth-order valence-corrected chi connectivity index (χ4v) is 1.18. The summed E-state index contributed by atoms with van der Waals surface area (Å²) < 4.78 is 4.88. The second kappa shape index (κ2) is 5.92. The summed E-state index contributed by atoms with van der Waals surface area (Å²) in [5.41, 5.74) is 3.18. The predicted octanol–water partition coefficient (Wildman–Crippen LogP) is 0.731. The van der Waals surface area contributed by atoms with Gasteiger partial charge in [0.15, 0.2) is 0 Å². The van der Waals surface area contributed by atoms with Crippen LogP contribution in [0.25, 0.3) is 0 Å². The first-order valence-corrected chi connectivity index (χ1v) is 5.03. The molecule has 6 nitrogen and oxygen atoms in total. The number of rotatable bonds is 5. The number of anilines is 2. The number of aromatic nitrogens is 1. The first-order valence-electron chi connectivity index (χ1n) is 5.03. The molecule has 0 radical (unpaired) electrons. The highest BCUT2D eigenvalue weighted by Crippen LogP contribution is 2.12. The molecule has 1 aromatic rings. The van der Waals surface area contributed by atoms with Crippen molar-refractivity contribution in [2.75, 3.05) is 17.3 Å². The summed E-state index contributed by atoms with van der Waals surface area (Å²) in [6.45, 7) is 3.87. The third-order valence-electron chi connectivity index (χ3n) is 1.93. The van der Waals surface area contributed by atoms with Gasteiger partial charge in [-0.2, -0.15) is 0 Å². The Labute approximate surface area is 94.2 Å². The summed E-state index contributed by atoms with van der Waals surface area (Å²) in [6, 6.07) is 3.04. The molecule has 0 spiro atoms. The Balaban J connectivity index is 2.61. The number of hydrogen-bond donors (Lipinski definition) is 3. The molecule has 0 bridgehead atoms. The van der Waals surface area contributed by atoms with Crippen LogP contribution >= 0.6 is 0 Å². The van der Waals surface area contributed by atoms with Crippen LogP contribution in [0, 0.1) is 0 Å². The van der Waals surface area contributed by atoms with Gasteiger partial charge >= 0.3 is 5.97 Å². The van der Waals surface area contributed by atoms with Gasteiger partial charge in [0.25, 0.3) is 0 Å². The van der Waals surface area contributed by atoms with Gasteiger partial charge in [-0.1, -0.05) is 0 Å². The topological polar surface area (TPSA) is 89.3 Å². The number of nitrogens with zero attached hydrogens (tertiary/aromatic N) is 1. The summed E-state index contributed by atoms with van der Waals surface area (Å²) in [7, 11) is 0. The van der Waals surface area contributed by atoms with E-state index in [0.717, 1.165) is 5.69 Å². The molecule has 0 aliphatic rings. The van der Waals surface area contributed by atoms with Crippen LogP contribution in [0.15, 0.2) is 18.3 Å². The Hall–Kier alpha value is -1.82. The van der Waals surface area contributed by atoms with Crippen molar-refractivity contribution in [3.8, 4) is 0 Å². The Bertz CT molecular complexity index is 356. The molecule has 88 valence electrons. The minimum absolute atomic E-state index is 0.290. The molecule has 0 amide bonds. The molecule has 1 unspecified atom stereocenters. The molecule has 0 aliphatic carbocycles. The van der Waals surface area contributed by atoms with Gasteiger partial charge in [-0.15, -0.1) is 0 Å². The maximum atomic E-state index is 11.4. The highest BCUT2D eigenvalue weighted by Gasteiger charge is 2.13. The summed E-state index contributed by atoms with van der Waals surface area (Å²) in [5.74, 6) is 5.46. The number of carbonyl (C=O) groups is 1. The molecule has 6 heteroatoms. The SMILES string of the molecule is CCOC(=O)C(C)Nc1ccnc(NN)c1. The second-order valence-corrected chi connectivity index (χ2v) is 3.19. The van der Waals surface area contributed by atoms with Crippen LogP contribution in [0.4, 0.5) is 11.5 Å². The van der Waals surface area contributed by atoms with Crippen molar-refractivity contribution in [3.05, 3.63) is 18.3 Å². The maximum Gasteiger partial charge on any atom is 0.328 e. The van der Waals surface area contributed by atoms with Crippen molar-refractivity contribution in [2.24, 2.45) is 5.84 Å². The lowest BCUT2D eigenvalue weighted by Gasteiger charge is -2.14. The Morgan fingerprint density at radius 1 is 1.69 bits per heavy atom. The average molecular weight is 224 g/mol. The number of carbonyl (C=O) groups excluding carboxylic acids is 1. The molecule has 4 N–H and O–H groups in total. The zero-order valence-electron chi connectivity index (χ0n) is 9.36. The standard InChI is InChI=1S/C10H16N4O2/c1-3-16-10(15)7(2)13-8-4-5-12-9(6-8)14-11/h4-7H,3,11H2,1-2H3,(H2,12,13,14). The monoisotopic (exact) mass is 224 g/mol. The van der Waals surface area contributed by atoms with Crippen molar-refractivity contribution in [2.45, 2.75) is 19.9 Å². The van der Waals surface area contributed by atoms with Gasteiger partial charge in [0.05, 0.1) is 6.61 Å². The number of esters is 1. The van der Waals surface area contributed by atoms with Crippen LogP contribution in [0.1, 0.15) is 13.8 Å². The van der Waals surface area contributed by atoms with E-state index in [9.17, 15) is 4.79 Å². The van der Waals surface area contributed by atoms with E-state index in [-0.39, 0.29) is 5.97 Å². The van der Waals surface area contributed by atoms with E-state index in [0.29, 0.717) is 12.4 Å². The van der Waals surface area contributed by atoms with Gasteiger partial charge < -0.3 is 15.5 Å². The van der Waals surface area contributed by atoms with Crippen molar-refractivity contribution in [1.29, 1.82) is 0 Å². The Kier molecular flexibility index (Phi) is 4.53. The van der Waals surface area contributed by atoms with E-state index < -0.39 is 6.04 Å². The van der Waals surface area contributed by atoms with Crippen LogP contribution in [-0.2, 0) is 9.53 Å². The Morgan fingerprint density at radius 3 is 3.06 bits per heavy atom. The molecule has 0 saturated heterocycles. The average Bonchev–Trinajstić information content (AvgIpc) is 2.29. The van der Waals surface area contributed by atoms with Gasteiger partial charge in [0.1, 0.15) is 11.9 Å². The number of hydrazine groups is 1. The lowest BCUT2D eigenvalue weighted by molar-refractivity contribution is -0.143. The fraction of sp³-hybridized carbons (Fsp3) is 0.400. The summed E-state index contributed by atoms with van der Waals surface area (Å²) in [4.78, 5) is 15.3. The largest absolute Gasteiger partial charge is 0.464 e. The van der Waals surface area contributed by atoms with E-state index in [2.05, 4.69) is 15.7 Å². The van der Waals surface area contributed by atoms with Gasteiger partial charge in [-0.05, 0) is 19.9 Å². The number of hydrogen-bond acceptors (Lipinski definition) is 6. The summed E-state index contributed by atoms with van der Waals surface area (Å²) >= 11 is 0. The first kappa shape index (κ1) is 12.3. The molecule has 1 aromatic heterocycles. The van der Waals surface area contributed by atoms with Crippen molar-refractivity contribution in [1.82, 2.24) is 4.98 Å². The number of nitrogens with two attached hydrogens (primary N) is 1. The lowest BCUT2D eigenvalue weighted by atomic mass is 10.3. The smallest absolute Gasteiger partial charge is 0.328 e. The molecule has 1 heterocycles. The number of ether oxygens (including phenoxy) is 1. The van der Waals surface area contributed by atoms with E-state index in [1.54, 1.807) is 32.2 Å². The van der Waals surface area contributed by atoms with Gasteiger partial charge in [-0.3, -0.25) is 0 Å². The second-order valence-electron chi connectivity index (χ2n) is 3.19. The molecular weight excluding hydrogens is 208 g/mol. The molecule has 0 aromatic carbocycles. The van der Waals surface area contributed by atoms with Crippen LogP contribution in [0.3, 0.4) is 0 Å². The van der Waals surface area contributed by atoms with E-state index in [1.165, 1.54) is 0 Å². The predicted molar refractivity (Wildman–Crippen MR) is 61.8 cm³/mol. The zero-order chi connectivity index (χ0) is 12.0. The van der Waals surface area contributed by atoms with Crippen LogP contribution in [0.2, 0.25) is 0 Å². The number of pyridine rings is 1. The number of nitrogens with one attached hydrogen (secondary N) is 2. The summed E-state index contributed by atoms with van der Waals surface area (Å²) in [5, 5.41) is 2.99. The normalized spacial score (nSPS) is 11.7. The maximum absolute atomic E-state index is 11.4. The molecule has 16 heavy (non-hydrogen) atoms. The molecule has 0 fully saturated rings. The number of nitrogen functional groups attached to an aromatic ring is 1. The molecular formula is C10H16N4O2. The molecule has 0 saturated carbocycles. The van der Waals surface area contributed by atoms with Crippen LogP contribution in [-0.4, -0.2) is 23.6 Å². The fourth-order valence-electron chi connectivity index (χ4n) is 1.18. The molecule has 1 rings (SSSR count). The van der Waals surface area contributed by atoms with Crippen molar-refractivity contribution < 1.29 is 9.53 Å². The van der Waals surface area contributed by atoms with Gasteiger partial charge in [0, 0.05) is 18.0 Å². The third kappa shape index (κ3) is 3.39. The highest BCUT2D eigenvalue weighted by atomic mass is 16.5. The minimum Gasteiger partial charge on any atom is -0.464 e. The van der Waals surface area contributed by atoms with Gasteiger partial charge in [-0.25, -0.2) is 15.6 Å². The molecule has 1 atom stereocenters. The van der Waals surface area contributed by atoms with E-state index >= 15 is 0 Å². The zero-order valence-corrected chi connectivity index (χ0v) is 9.36. The Morgan fingerprint density at radius 2 is 2.44 bits per heavy atom.